The van der Waals surface area contributed by atoms with Crippen LogP contribution in [0.25, 0.3) is 0 Å². The summed E-state index contributed by atoms with van der Waals surface area (Å²) in [5.74, 6) is 1.16. The van der Waals surface area contributed by atoms with Gasteiger partial charge in [0.2, 0.25) is 5.91 Å². The van der Waals surface area contributed by atoms with Crippen LogP contribution < -0.4 is 9.47 Å². The Bertz CT molecular complexity index is 642. The summed E-state index contributed by atoms with van der Waals surface area (Å²) in [7, 11) is 4.83. The lowest BCUT2D eigenvalue weighted by Gasteiger charge is -2.20. The molecule has 1 aromatic carbocycles. The van der Waals surface area contributed by atoms with Gasteiger partial charge in [-0.05, 0) is 29.1 Å². The number of aliphatic hydroxyl groups is 1. The molecule has 0 saturated carbocycles. The molecule has 23 heavy (non-hydrogen) atoms. The zero-order valence-electron chi connectivity index (χ0n) is 13.5. The van der Waals surface area contributed by atoms with Gasteiger partial charge >= 0.3 is 0 Å². The monoisotopic (exact) mass is 335 g/mol. The minimum atomic E-state index is -0.658. The number of hydrogen-bond acceptors (Lipinski definition) is 5. The van der Waals surface area contributed by atoms with Crippen LogP contribution in [0.15, 0.2) is 35.7 Å². The van der Waals surface area contributed by atoms with Crippen LogP contribution in [0.3, 0.4) is 0 Å². The van der Waals surface area contributed by atoms with Gasteiger partial charge in [0.1, 0.15) is 6.10 Å². The molecular weight excluding hydrogens is 314 g/mol. The van der Waals surface area contributed by atoms with E-state index in [4.69, 9.17) is 9.47 Å². The zero-order chi connectivity index (χ0) is 16.8. The Morgan fingerprint density at radius 3 is 2.61 bits per heavy atom. The third kappa shape index (κ3) is 4.46. The summed E-state index contributed by atoms with van der Waals surface area (Å²) in [5.41, 5.74) is 0.838. The number of thiophene rings is 1. The largest absolute Gasteiger partial charge is 0.493 e. The predicted molar refractivity (Wildman–Crippen MR) is 90.2 cm³/mol. The Hall–Kier alpha value is -2.05. The second kappa shape index (κ2) is 7.99. The maximum atomic E-state index is 12.3. The van der Waals surface area contributed by atoms with Gasteiger partial charge in [-0.3, -0.25) is 4.79 Å². The van der Waals surface area contributed by atoms with Gasteiger partial charge in [0.05, 0.1) is 27.2 Å². The van der Waals surface area contributed by atoms with Gasteiger partial charge in [-0.25, -0.2) is 0 Å². The number of aliphatic hydroxyl groups excluding tert-OH is 1. The highest BCUT2D eigenvalue weighted by Crippen LogP contribution is 2.28. The standard InChI is InChI=1S/C17H21NO4S/c1-18(11-13(19)16-5-4-8-23-16)17(20)10-12-6-7-14(21-2)15(9-12)22-3/h4-9,13,19H,10-11H2,1-3H3. The molecule has 124 valence electrons. The number of rotatable bonds is 7. The molecule has 2 aromatic rings. The van der Waals surface area contributed by atoms with Crippen molar-refractivity contribution < 1.29 is 19.4 Å². The molecule has 0 saturated heterocycles. The zero-order valence-corrected chi connectivity index (χ0v) is 14.3. The van der Waals surface area contributed by atoms with Gasteiger partial charge in [-0.1, -0.05) is 12.1 Å². The molecule has 2 rings (SSSR count). The minimum Gasteiger partial charge on any atom is -0.493 e. The first-order valence-corrected chi connectivity index (χ1v) is 8.09. The van der Waals surface area contributed by atoms with Crippen molar-refractivity contribution in [2.75, 3.05) is 27.8 Å². The molecule has 0 spiro atoms. The van der Waals surface area contributed by atoms with E-state index in [1.165, 1.54) is 11.3 Å². The van der Waals surface area contributed by atoms with Crippen LogP contribution in [0.2, 0.25) is 0 Å². The van der Waals surface area contributed by atoms with E-state index in [9.17, 15) is 9.90 Å². The Balaban J connectivity index is 1.98. The quantitative estimate of drug-likeness (QED) is 0.845. The summed E-state index contributed by atoms with van der Waals surface area (Å²) in [6, 6.07) is 9.15. The lowest BCUT2D eigenvalue weighted by Crippen LogP contribution is -2.32. The predicted octanol–water partition coefficient (Wildman–Crippen LogP) is 2.50. The third-order valence-corrected chi connectivity index (χ3v) is 4.52. The molecule has 1 atom stereocenters. The number of amides is 1. The molecule has 1 unspecified atom stereocenters. The molecule has 0 radical (unpaired) electrons. The number of methoxy groups -OCH3 is 2. The summed E-state index contributed by atoms with van der Waals surface area (Å²) in [4.78, 5) is 14.7. The molecule has 1 heterocycles. The Labute approximate surface area is 140 Å². The normalized spacial score (nSPS) is 11.8. The summed E-state index contributed by atoms with van der Waals surface area (Å²) in [6.45, 7) is 0.270. The molecule has 1 N–H and O–H groups in total. The van der Waals surface area contributed by atoms with E-state index in [2.05, 4.69) is 0 Å². The number of carbonyl (C=O) groups is 1. The van der Waals surface area contributed by atoms with Crippen molar-refractivity contribution in [3.8, 4) is 11.5 Å². The van der Waals surface area contributed by atoms with Crippen LogP contribution in [-0.2, 0) is 11.2 Å². The van der Waals surface area contributed by atoms with Crippen LogP contribution >= 0.6 is 11.3 Å². The van der Waals surface area contributed by atoms with E-state index in [-0.39, 0.29) is 18.9 Å². The molecule has 0 bridgehead atoms. The van der Waals surface area contributed by atoms with Crippen LogP contribution in [-0.4, -0.2) is 43.7 Å². The smallest absolute Gasteiger partial charge is 0.226 e. The fourth-order valence-corrected chi connectivity index (χ4v) is 2.94. The molecule has 5 nitrogen and oxygen atoms in total. The summed E-state index contributed by atoms with van der Waals surface area (Å²) >= 11 is 1.48. The van der Waals surface area contributed by atoms with Crippen molar-refractivity contribution in [2.24, 2.45) is 0 Å². The summed E-state index contributed by atoms with van der Waals surface area (Å²) in [5, 5.41) is 12.0. The molecule has 0 aliphatic heterocycles. The Morgan fingerprint density at radius 2 is 2.00 bits per heavy atom. The summed E-state index contributed by atoms with van der Waals surface area (Å²) < 4.78 is 10.4. The SMILES string of the molecule is COc1ccc(CC(=O)N(C)CC(O)c2cccs2)cc1OC. The molecular formula is C17H21NO4S. The van der Waals surface area contributed by atoms with Gasteiger partial charge in [0, 0.05) is 11.9 Å². The number of likely N-dealkylation sites (N-methyl/N-ethyl adjacent to an activating group) is 1. The topological polar surface area (TPSA) is 59.0 Å². The summed E-state index contributed by atoms with van der Waals surface area (Å²) in [6.07, 6.45) is -0.414. The fraction of sp³-hybridized carbons (Fsp3) is 0.353. The molecule has 6 heteroatoms. The van der Waals surface area contributed by atoms with Crippen LogP contribution in [0.4, 0.5) is 0 Å². The highest BCUT2D eigenvalue weighted by molar-refractivity contribution is 7.10. The third-order valence-electron chi connectivity index (χ3n) is 3.55. The Kier molecular flexibility index (Phi) is 6.01. The first-order chi connectivity index (χ1) is 11.0. The Morgan fingerprint density at radius 1 is 1.26 bits per heavy atom. The van der Waals surface area contributed by atoms with Crippen molar-refractivity contribution in [1.82, 2.24) is 4.90 Å². The lowest BCUT2D eigenvalue weighted by molar-refractivity contribution is -0.130. The number of carbonyl (C=O) groups excluding carboxylic acids is 1. The van der Waals surface area contributed by atoms with Gasteiger partial charge in [0.15, 0.2) is 11.5 Å². The molecule has 1 amide bonds. The van der Waals surface area contributed by atoms with E-state index in [1.54, 1.807) is 38.3 Å². The van der Waals surface area contributed by atoms with E-state index >= 15 is 0 Å². The maximum Gasteiger partial charge on any atom is 0.226 e. The molecule has 0 aliphatic rings. The first-order valence-electron chi connectivity index (χ1n) is 7.21. The van der Waals surface area contributed by atoms with Gasteiger partial charge < -0.3 is 19.5 Å². The van der Waals surface area contributed by atoms with E-state index < -0.39 is 6.10 Å². The van der Waals surface area contributed by atoms with Gasteiger partial charge in [-0.2, -0.15) is 0 Å². The number of ether oxygens (including phenoxy) is 2. The van der Waals surface area contributed by atoms with Crippen molar-refractivity contribution in [1.29, 1.82) is 0 Å². The van der Waals surface area contributed by atoms with Crippen LogP contribution in [0, 0.1) is 0 Å². The van der Waals surface area contributed by atoms with E-state index in [1.807, 2.05) is 23.6 Å². The van der Waals surface area contributed by atoms with E-state index in [0.717, 1.165) is 10.4 Å². The number of hydrogen-bond donors (Lipinski definition) is 1. The highest BCUT2D eigenvalue weighted by atomic mass is 32.1. The number of nitrogens with zero attached hydrogens (tertiary/aromatic N) is 1. The maximum absolute atomic E-state index is 12.3. The second-order valence-corrected chi connectivity index (χ2v) is 6.15. The van der Waals surface area contributed by atoms with E-state index in [0.29, 0.717) is 11.5 Å². The minimum absolute atomic E-state index is 0.0622. The van der Waals surface area contributed by atoms with Crippen molar-refractivity contribution in [3.05, 3.63) is 46.2 Å². The number of benzene rings is 1. The first kappa shape index (κ1) is 17.3. The second-order valence-electron chi connectivity index (χ2n) is 5.17. The van der Waals surface area contributed by atoms with Crippen molar-refractivity contribution in [3.63, 3.8) is 0 Å². The highest BCUT2D eigenvalue weighted by Gasteiger charge is 2.17. The van der Waals surface area contributed by atoms with Gasteiger partial charge in [-0.15, -0.1) is 11.3 Å². The molecule has 0 fully saturated rings. The average Bonchev–Trinajstić information content (AvgIpc) is 3.09. The van der Waals surface area contributed by atoms with Crippen molar-refractivity contribution in [2.45, 2.75) is 12.5 Å². The van der Waals surface area contributed by atoms with Gasteiger partial charge in [0.25, 0.3) is 0 Å². The average molecular weight is 335 g/mol. The fourth-order valence-electron chi connectivity index (χ4n) is 2.23. The van der Waals surface area contributed by atoms with Crippen molar-refractivity contribution >= 4 is 17.2 Å². The van der Waals surface area contributed by atoms with Crippen LogP contribution in [0.1, 0.15) is 16.5 Å². The molecule has 1 aromatic heterocycles. The lowest BCUT2D eigenvalue weighted by atomic mass is 10.1. The van der Waals surface area contributed by atoms with Crippen LogP contribution in [0.5, 0.6) is 11.5 Å². The molecule has 0 aliphatic carbocycles.